The zero-order valence-corrected chi connectivity index (χ0v) is 10.0. The molecule has 2 rings (SSSR count). The molecule has 1 aromatic rings. The lowest BCUT2D eigenvalue weighted by Crippen LogP contribution is -2.20. The summed E-state index contributed by atoms with van der Waals surface area (Å²) >= 11 is 0. The monoisotopic (exact) mass is 246 g/mol. The van der Waals surface area contributed by atoms with Crippen LogP contribution in [0.15, 0.2) is 24.4 Å². The Bertz CT molecular complexity index is 314. The minimum absolute atomic E-state index is 0. The molecule has 1 fully saturated rings. The highest BCUT2D eigenvalue weighted by atomic mass is 35.5. The van der Waals surface area contributed by atoms with Gasteiger partial charge in [0.2, 0.25) is 0 Å². The standard InChI is InChI=1S/C10H14N2OS.ClH/c13-14(10-4-6-11-7-10)8-9-3-1-2-5-12-9;/h1-3,5,10-11H,4,6-8H2;1H/t10-,14?;/m1./s1. The Morgan fingerprint density at radius 3 is 3.00 bits per heavy atom. The first-order chi connectivity index (χ1) is 6.86. The highest BCUT2D eigenvalue weighted by Gasteiger charge is 2.21. The number of hydrogen-bond donors (Lipinski definition) is 1. The van der Waals surface area contributed by atoms with Gasteiger partial charge in [0.25, 0.3) is 0 Å². The van der Waals surface area contributed by atoms with Crippen LogP contribution >= 0.6 is 12.4 Å². The second-order valence-corrected chi connectivity index (χ2v) is 5.18. The minimum Gasteiger partial charge on any atom is -0.315 e. The van der Waals surface area contributed by atoms with Crippen molar-refractivity contribution in [3.05, 3.63) is 30.1 Å². The van der Waals surface area contributed by atoms with Crippen molar-refractivity contribution in [1.82, 2.24) is 10.3 Å². The topological polar surface area (TPSA) is 42.0 Å². The summed E-state index contributed by atoms with van der Waals surface area (Å²) in [6, 6.07) is 5.75. The van der Waals surface area contributed by atoms with Crippen molar-refractivity contribution in [2.24, 2.45) is 0 Å². The van der Waals surface area contributed by atoms with E-state index in [9.17, 15) is 4.21 Å². The number of nitrogens with one attached hydrogen (secondary N) is 1. The number of aromatic nitrogens is 1. The molecule has 1 unspecified atom stereocenters. The quantitative estimate of drug-likeness (QED) is 0.869. The highest BCUT2D eigenvalue weighted by Crippen LogP contribution is 2.10. The Morgan fingerprint density at radius 1 is 1.53 bits per heavy atom. The number of rotatable bonds is 3. The van der Waals surface area contributed by atoms with E-state index >= 15 is 0 Å². The fourth-order valence-electron chi connectivity index (χ4n) is 1.60. The Kier molecular flexibility index (Phi) is 5.22. The molecule has 1 aromatic heterocycles. The Hall–Kier alpha value is -0.450. The van der Waals surface area contributed by atoms with Crippen molar-refractivity contribution in [3.63, 3.8) is 0 Å². The summed E-state index contributed by atoms with van der Waals surface area (Å²) in [5.74, 6) is 0.590. The number of hydrogen-bond acceptors (Lipinski definition) is 3. The molecule has 2 atom stereocenters. The molecule has 2 heterocycles. The Balaban J connectivity index is 0.00000112. The van der Waals surface area contributed by atoms with Gasteiger partial charge in [0.15, 0.2) is 0 Å². The van der Waals surface area contributed by atoms with Gasteiger partial charge < -0.3 is 5.32 Å². The third-order valence-corrected chi connectivity index (χ3v) is 4.13. The van der Waals surface area contributed by atoms with Gasteiger partial charge in [-0.2, -0.15) is 0 Å². The van der Waals surface area contributed by atoms with Crippen LogP contribution in [-0.4, -0.2) is 27.5 Å². The number of pyridine rings is 1. The molecule has 0 radical (unpaired) electrons. The predicted molar refractivity (Wildman–Crippen MR) is 64.6 cm³/mol. The fraction of sp³-hybridized carbons (Fsp3) is 0.500. The molecule has 0 aromatic carbocycles. The van der Waals surface area contributed by atoms with Crippen molar-refractivity contribution >= 4 is 23.2 Å². The Labute approximate surface area is 98.5 Å². The molecular formula is C10H15ClN2OS. The molecule has 1 aliphatic heterocycles. The second kappa shape index (κ2) is 6.20. The summed E-state index contributed by atoms with van der Waals surface area (Å²) in [5.41, 5.74) is 0.928. The van der Waals surface area contributed by atoms with Crippen LogP contribution in [0.5, 0.6) is 0 Å². The van der Waals surface area contributed by atoms with Crippen molar-refractivity contribution < 1.29 is 4.21 Å². The molecule has 3 nitrogen and oxygen atoms in total. The van der Waals surface area contributed by atoms with E-state index in [0.29, 0.717) is 11.0 Å². The van der Waals surface area contributed by atoms with Crippen LogP contribution in [-0.2, 0) is 16.6 Å². The van der Waals surface area contributed by atoms with Crippen molar-refractivity contribution in [1.29, 1.82) is 0 Å². The first kappa shape index (κ1) is 12.6. The van der Waals surface area contributed by atoms with E-state index in [2.05, 4.69) is 10.3 Å². The molecule has 5 heteroatoms. The van der Waals surface area contributed by atoms with E-state index in [4.69, 9.17) is 0 Å². The van der Waals surface area contributed by atoms with Gasteiger partial charge in [-0.1, -0.05) is 6.07 Å². The average Bonchev–Trinajstić information content (AvgIpc) is 2.72. The molecule has 0 saturated carbocycles. The van der Waals surface area contributed by atoms with Gasteiger partial charge in [0, 0.05) is 28.8 Å². The molecule has 0 aliphatic carbocycles. The predicted octanol–water partition coefficient (Wildman–Crippen LogP) is 1.11. The largest absolute Gasteiger partial charge is 0.315 e. The molecule has 1 saturated heterocycles. The average molecular weight is 247 g/mol. The lowest BCUT2D eigenvalue weighted by molar-refractivity contribution is 0.671. The molecule has 15 heavy (non-hydrogen) atoms. The van der Waals surface area contributed by atoms with Crippen LogP contribution < -0.4 is 5.32 Å². The number of halogens is 1. The zero-order chi connectivity index (χ0) is 9.80. The van der Waals surface area contributed by atoms with Crippen molar-refractivity contribution in [2.45, 2.75) is 17.4 Å². The van der Waals surface area contributed by atoms with Gasteiger partial charge >= 0.3 is 0 Å². The van der Waals surface area contributed by atoms with E-state index in [0.717, 1.165) is 25.2 Å². The third kappa shape index (κ3) is 3.55. The normalized spacial score (nSPS) is 22.0. The summed E-state index contributed by atoms with van der Waals surface area (Å²) in [6.45, 7) is 1.89. The van der Waals surface area contributed by atoms with Crippen molar-refractivity contribution in [2.75, 3.05) is 13.1 Å². The molecule has 84 valence electrons. The van der Waals surface area contributed by atoms with Crippen LogP contribution in [0.1, 0.15) is 12.1 Å². The second-order valence-electron chi connectivity index (χ2n) is 3.46. The van der Waals surface area contributed by atoms with Crippen LogP contribution in [0, 0.1) is 0 Å². The maximum absolute atomic E-state index is 11.8. The molecular weight excluding hydrogens is 232 g/mol. The van der Waals surface area contributed by atoms with Crippen LogP contribution in [0.25, 0.3) is 0 Å². The SMILES string of the molecule is Cl.O=S(Cc1ccccn1)[C@@H]1CCNC1. The first-order valence-electron chi connectivity index (χ1n) is 4.84. The summed E-state index contributed by atoms with van der Waals surface area (Å²) in [7, 11) is -0.771. The van der Waals surface area contributed by atoms with Gasteiger partial charge in [-0.25, -0.2) is 0 Å². The molecule has 1 aliphatic rings. The van der Waals surface area contributed by atoms with Gasteiger partial charge in [-0.15, -0.1) is 12.4 Å². The van der Waals surface area contributed by atoms with Crippen LogP contribution in [0.2, 0.25) is 0 Å². The van der Waals surface area contributed by atoms with E-state index in [-0.39, 0.29) is 12.4 Å². The summed E-state index contributed by atoms with van der Waals surface area (Å²) in [4.78, 5) is 4.18. The van der Waals surface area contributed by atoms with Crippen LogP contribution in [0.3, 0.4) is 0 Å². The molecule has 0 bridgehead atoms. The van der Waals surface area contributed by atoms with E-state index in [1.54, 1.807) is 6.20 Å². The van der Waals surface area contributed by atoms with Crippen molar-refractivity contribution in [3.8, 4) is 0 Å². The lowest BCUT2D eigenvalue weighted by Gasteiger charge is -2.07. The van der Waals surface area contributed by atoms with Crippen LogP contribution in [0.4, 0.5) is 0 Å². The molecule has 0 spiro atoms. The summed E-state index contributed by atoms with van der Waals surface area (Å²) in [5, 5.41) is 3.54. The van der Waals surface area contributed by atoms with Gasteiger partial charge in [-0.05, 0) is 25.1 Å². The lowest BCUT2D eigenvalue weighted by atomic mass is 10.4. The summed E-state index contributed by atoms with van der Waals surface area (Å²) < 4.78 is 11.8. The van der Waals surface area contributed by atoms with E-state index in [1.165, 1.54) is 0 Å². The van der Waals surface area contributed by atoms with Gasteiger partial charge in [0.05, 0.1) is 11.4 Å². The van der Waals surface area contributed by atoms with E-state index < -0.39 is 10.8 Å². The van der Waals surface area contributed by atoms with E-state index in [1.807, 2.05) is 18.2 Å². The maximum atomic E-state index is 11.8. The van der Waals surface area contributed by atoms with Gasteiger partial charge in [0.1, 0.15) is 0 Å². The highest BCUT2D eigenvalue weighted by molar-refractivity contribution is 7.84. The van der Waals surface area contributed by atoms with Gasteiger partial charge in [-0.3, -0.25) is 9.19 Å². The number of nitrogens with zero attached hydrogens (tertiary/aromatic N) is 1. The molecule has 0 amide bonds. The summed E-state index contributed by atoms with van der Waals surface area (Å²) in [6.07, 6.45) is 2.78. The maximum Gasteiger partial charge on any atom is 0.0662 e. The minimum atomic E-state index is -0.771. The smallest absolute Gasteiger partial charge is 0.0662 e. The zero-order valence-electron chi connectivity index (χ0n) is 8.39. The first-order valence-corrected chi connectivity index (χ1v) is 6.22. The third-order valence-electron chi connectivity index (χ3n) is 2.40. The molecule has 1 N–H and O–H groups in total. The Morgan fingerprint density at radius 2 is 2.40 bits per heavy atom. The fourth-order valence-corrected chi connectivity index (χ4v) is 2.98.